The van der Waals surface area contributed by atoms with E-state index in [2.05, 4.69) is 4.72 Å². The lowest BCUT2D eigenvalue weighted by Crippen LogP contribution is -2.29. The molecule has 0 heterocycles. The predicted octanol–water partition coefficient (Wildman–Crippen LogP) is 2.80. The summed E-state index contributed by atoms with van der Waals surface area (Å²) in [5, 5.41) is 0. The van der Waals surface area contributed by atoms with Crippen LogP contribution in [0.2, 0.25) is 0 Å². The summed E-state index contributed by atoms with van der Waals surface area (Å²) < 4.78 is 32.3. The highest BCUT2D eigenvalue weighted by Crippen LogP contribution is 2.15. The number of benzene rings is 2. The minimum Gasteiger partial charge on any atom is -0.492 e. The summed E-state index contributed by atoms with van der Waals surface area (Å²) in [5.74, 6) is 0.768. The zero-order valence-electron chi connectivity index (χ0n) is 12.9. The normalized spacial score (nSPS) is 11.4. The fourth-order valence-corrected chi connectivity index (χ4v) is 3.33. The molecular weight excluding hydrogens is 298 g/mol. The molecule has 0 saturated carbocycles. The van der Waals surface area contributed by atoms with E-state index in [0.29, 0.717) is 6.61 Å². The molecule has 5 heteroatoms. The molecule has 4 nitrogen and oxygen atoms in total. The maximum Gasteiger partial charge on any atom is 0.215 e. The lowest BCUT2D eigenvalue weighted by molar-refractivity contribution is 0.320. The molecule has 118 valence electrons. The molecule has 2 aromatic carbocycles. The number of aryl methyl sites for hydroxylation is 2. The quantitative estimate of drug-likeness (QED) is 0.799. The van der Waals surface area contributed by atoms with Crippen molar-refractivity contribution in [1.82, 2.24) is 4.72 Å². The van der Waals surface area contributed by atoms with E-state index in [4.69, 9.17) is 4.74 Å². The molecule has 0 amide bonds. The van der Waals surface area contributed by atoms with Crippen molar-refractivity contribution in [2.24, 2.45) is 0 Å². The Labute approximate surface area is 132 Å². The molecule has 0 unspecified atom stereocenters. The Bertz CT molecular complexity index is 726. The van der Waals surface area contributed by atoms with Crippen LogP contribution >= 0.6 is 0 Å². The first-order chi connectivity index (χ1) is 10.5. The van der Waals surface area contributed by atoms with Crippen molar-refractivity contribution >= 4 is 10.0 Å². The Hall–Kier alpha value is -1.85. The van der Waals surface area contributed by atoms with E-state index in [1.807, 2.05) is 62.4 Å². The molecule has 22 heavy (non-hydrogen) atoms. The number of para-hydroxylation sites is 1. The average Bonchev–Trinajstić information content (AvgIpc) is 2.47. The zero-order chi connectivity index (χ0) is 16.0. The van der Waals surface area contributed by atoms with Crippen molar-refractivity contribution in [2.75, 3.05) is 13.2 Å². The summed E-state index contributed by atoms with van der Waals surface area (Å²) in [5.41, 5.74) is 2.82. The van der Waals surface area contributed by atoms with Crippen molar-refractivity contribution < 1.29 is 13.2 Å². The van der Waals surface area contributed by atoms with Crippen molar-refractivity contribution in [3.63, 3.8) is 0 Å². The van der Waals surface area contributed by atoms with Gasteiger partial charge in [-0.1, -0.05) is 42.5 Å². The molecule has 0 aromatic heterocycles. The van der Waals surface area contributed by atoms with Gasteiger partial charge < -0.3 is 4.74 Å². The molecule has 2 aromatic rings. The maximum absolute atomic E-state index is 12.1. The second-order valence-corrected chi connectivity index (χ2v) is 7.00. The summed E-state index contributed by atoms with van der Waals surface area (Å²) >= 11 is 0. The van der Waals surface area contributed by atoms with E-state index in [1.54, 1.807) is 0 Å². The standard InChI is InChI=1S/C17H21NO3S/c1-14-7-3-5-9-16(14)13-22(19,20)18-11-12-21-17-10-6-4-8-15(17)2/h3-10,18H,11-13H2,1-2H3. The molecule has 0 fully saturated rings. The van der Waals surface area contributed by atoms with Gasteiger partial charge in [-0.05, 0) is 36.6 Å². The second kappa shape index (κ2) is 7.42. The highest BCUT2D eigenvalue weighted by Gasteiger charge is 2.12. The van der Waals surface area contributed by atoms with Gasteiger partial charge in [0, 0.05) is 6.54 Å². The third-order valence-electron chi connectivity index (χ3n) is 3.38. The van der Waals surface area contributed by atoms with Crippen LogP contribution in [0.1, 0.15) is 16.7 Å². The van der Waals surface area contributed by atoms with Crippen LogP contribution in [-0.4, -0.2) is 21.6 Å². The van der Waals surface area contributed by atoms with Gasteiger partial charge in [0.1, 0.15) is 12.4 Å². The Morgan fingerprint density at radius 2 is 1.59 bits per heavy atom. The fraction of sp³-hybridized carbons (Fsp3) is 0.294. The van der Waals surface area contributed by atoms with Gasteiger partial charge in [0.25, 0.3) is 0 Å². The first kappa shape index (κ1) is 16.5. The SMILES string of the molecule is Cc1ccccc1CS(=O)(=O)NCCOc1ccccc1C. The number of hydrogen-bond donors (Lipinski definition) is 1. The molecule has 2 rings (SSSR count). The van der Waals surface area contributed by atoms with E-state index >= 15 is 0 Å². The summed E-state index contributed by atoms with van der Waals surface area (Å²) in [6, 6.07) is 15.1. The number of hydrogen-bond acceptors (Lipinski definition) is 3. The Morgan fingerprint density at radius 3 is 2.27 bits per heavy atom. The van der Waals surface area contributed by atoms with E-state index in [1.165, 1.54) is 0 Å². The van der Waals surface area contributed by atoms with Gasteiger partial charge in [-0.3, -0.25) is 0 Å². The predicted molar refractivity (Wildman–Crippen MR) is 88.5 cm³/mol. The first-order valence-corrected chi connectivity index (χ1v) is 8.83. The van der Waals surface area contributed by atoms with Crippen LogP contribution in [0.5, 0.6) is 5.75 Å². The molecule has 0 bridgehead atoms. The lowest BCUT2D eigenvalue weighted by atomic mass is 10.1. The first-order valence-electron chi connectivity index (χ1n) is 7.18. The van der Waals surface area contributed by atoms with E-state index in [-0.39, 0.29) is 12.3 Å². The molecule has 1 N–H and O–H groups in total. The molecule has 0 spiro atoms. The highest BCUT2D eigenvalue weighted by atomic mass is 32.2. The van der Waals surface area contributed by atoms with Crippen LogP contribution in [0.3, 0.4) is 0 Å². The Morgan fingerprint density at radius 1 is 0.955 bits per heavy atom. The average molecular weight is 319 g/mol. The zero-order valence-corrected chi connectivity index (χ0v) is 13.7. The minimum atomic E-state index is -3.35. The number of nitrogens with one attached hydrogen (secondary N) is 1. The summed E-state index contributed by atoms with van der Waals surface area (Å²) in [4.78, 5) is 0. The van der Waals surface area contributed by atoms with Crippen LogP contribution in [0.15, 0.2) is 48.5 Å². The van der Waals surface area contributed by atoms with Gasteiger partial charge in [0.05, 0.1) is 5.75 Å². The summed E-state index contributed by atoms with van der Waals surface area (Å²) in [7, 11) is -3.35. The molecule has 0 saturated heterocycles. The van der Waals surface area contributed by atoms with Crippen molar-refractivity contribution in [3.05, 3.63) is 65.2 Å². The van der Waals surface area contributed by atoms with Crippen LogP contribution in [0.25, 0.3) is 0 Å². The van der Waals surface area contributed by atoms with Crippen molar-refractivity contribution in [3.8, 4) is 5.75 Å². The molecule has 0 radical (unpaired) electrons. The van der Waals surface area contributed by atoms with Crippen LogP contribution in [0, 0.1) is 13.8 Å². The van der Waals surface area contributed by atoms with Gasteiger partial charge in [0.15, 0.2) is 0 Å². The summed E-state index contributed by atoms with van der Waals surface area (Å²) in [6.07, 6.45) is 0. The van der Waals surface area contributed by atoms with Gasteiger partial charge in [0.2, 0.25) is 10.0 Å². The van der Waals surface area contributed by atoms with Gasteiger partial charge in [-0.25, -0.2) is 13.1 Å². The van der Waals surface area contributed by atoms with Crippen LogP contribution in [0.4, 0.5) is 0 Å². The topological polar surface area (TPSA) is 55.4 Å². The molecule has 0 aliphatic rings. The van der Waals surface area contributed by atoms with Gasteiger partial charge >= 0.3 is 0 Å². The second-order valence-electron chi connectivity index (χ2n) is 5.19. The number of ether oxygens (including phenoxy) is 1. The smallest absolute Gasteiger partial charge is 0.215 e. The number of sulfonamides is 1. The third kappa shape index (κ3) is 4.86. The molecule has 0 atom stereocenters. The monoisotopic (exact) mass is 319 g/mol. The van der Waals surface area contributed by atoms with E-state index < -0.39 is 10.0 Å². The molecule has 0 aliphatic carbocycles. The van der Waals surface area contributed by atoms with E-state index in [9.17, 15) is 8.42 Å². The maximum atomic E-state index is 12.1. The Balaban J connectivity index is 1.83. The van der Waals surface area contributed by atoms with Crippen molar-refractivity contribution in [2.45, 2.75) is 19.6 Å². The van der Waals surface area contributed by atoms with Crippen molar-refractivity contribution in [1.29, 1.82) is 0 Å². The number of rotatable bonds is 7. The molecule has 0 aliphatic heterocycles. The minimum absolute atomic E-state index is 0.00988. The third-order valence-corrected chi connectivity index (χ3v) is 4.72. The van der Waals surface area contributed by atoms with Crippen LogP contribution < -0.4 is 9.46 Å². The van der Waals surface area contributed by atoms with Gasteiger partial charge in [-0.15, -0.1) is 0 Å². The van der Waals surface area contributed by atoms with Gasteiger partial charge in [-0.2, -0.15) is 0 Å². The fourth-order valence-electron chi connectivity index (χ4n) is 2.10. The van der Waals surface area contributed by atoms with E-state index in [0.717, 1.165) is 22.4 Å². The molecular formula is C17H21NO3S. The largest absolute Gasteiger partial charge is 0.492 e. The summed E-state index contributed by atoms with van der Waals surface area (Å²) in [6.45, 7) is 4.42. The lowest BCUT2D eigenvalue weighted by Gasteiger charge is -2.11. The van der Waals surface area contributed by atoms with Crippen LogP contribution in [-0.2, 0) is 15.8 Å². The Kier molecular flexibility index (Phi) is 5.57. The highest BCUT2D eigenvalue weighted by molar-refractivity contribution is 7.88.